The Bertz CT molecular complexity index is 581. The molecule has 1 unspecified atom stereocenters. The molecule has 0 saturated heterocycles. The summed E-state index contributed by atoms with van der Waals surface area (Å²) in [7, 11) is 1.58. The molecule has 0 aliphatic heterocycles. The van der Waals surface area contributed by atoms with Crippen molar-refractivity contribution in [1.82, 2.24) is 20.3 Å². The van der Waals surface area contributed by atoms with Gasteiger partial charge in [-0.3, -0.25) is 4.79 Å². The first-order chi connectivity index (χ1) is 10.1. The maximum absolute atomic E-state index is 12.3. The third kappa shape index (κ3) is 4.05. The molecule has 0 bridgehead atoms. The van der Waals surface area contributed by atoms with Crippen molar-refractivity contribution in [3.05, 3.63) is 42.2 Å². The molecule has 21 heavy (non-hydrogen) atoms. The van der Waals surface area contributed by atoms with Gasteiger partial charge in [0.25, 0.3) is 5.91 Å². The highest BCUT2D eigenvalue weighted by Gasteiger charge is 2.18. The maximum Gasteiger partial charge on any atom is 0.251 e. The summed E-state index contributed by atoms with van der Waals surface area (Å²) in [6.45, 7) is 4.65. The number of carbonyl (C=O) groups excluding carboxylic acids is 1. The quantitative estimate of drug-likeness (QED) is 0.879. The first-order valence-electron chi connectivity index (χ1n) is 6.89. The van der Waals surface area contributed by atoms with Gasteiger partial charge in [-0.25, -0.2) is 0 Å². The zero-order chi connectivity index (χ0) is 15.2. The fourth-order valence-corrected chi connectivity index (χ4v) is 1.95. The zero-order valence-corrected chi connectivity index (χ0v) is 12.5. The Balaban J connectivity index is 2.07. The number of nitrogens with one attached hydrogen (secondary N) is 1. The van der Waals surface area contributed by atoms with Crippen LogP contribution < -0.4 is 10.1 Å². The van der Waals surface area contributed by atoms with Gasteiger partial charge in [0.1, 0.15) is 5.75 Å². The lowest BCUT2D eigenvalue weighted by molar-refractivity contribution is 0.0917. The topological polar surface area (TPSA) is 69.0 Å². The summed E-state index contributed by atoms with van der Waals surface area (Å²) in [5.74, 6) is 0.808. The van der Waals surface area contributed by atoms with Gasteiger partial charge < -0.3 is 10.1 Å². The number of nitrogens with zero attached hydrogens (tertiary/aromatic N) is 3. The van der Waals surface area contributed by atoms with Gasteiger partial charge in [-0.15, -0.1) is 0 Å². The fourth-order valence-electron chi connectivity index (χ4n) is 1.95. The lowest BCUT2D eigenvalue weighted by Gasteiger charge is -2.22. The number of amides is 1. The van der Waals surface area contributed by atoms with Crippen LogP contribution in [-0.2, 0) is 6.54 Å². The second-order valence-corrected chi connectivity index (χ2v) is 5.14. The molecule has 1 N–H and O–H groups in total. The summed E-state index contributed by atoms with van der Waals surface area (Å²) >= 11 is 0. The van der Waals surface area contributed by atoms with Crippen LogP contribution in [0.5, 0.6) is 5.75 Å². The van der Waals surface area contributed by atoms with Gasteiger partial charge in [-0.2, -0.15) is 15.0 Å². The Morgan fingerprint density at radius 1 is 1.33 bits per heavy atom. The van der Waals surface area contributed by atoms with Crippen LogP contribution in [0.15, 0.2) is 36.7 Å². The van der Waals surface area contributed by atoms with Crippen molar-refractivity contribution >= 4 is 5.91 Å². The van der Waals surface area contributed by atoms with Crippen LogP contribution in [0.4, 0.5) is 0 Å². The summed E-state index contributed by atoms with van der Waals surface area (Å²) in [5, 5.41) is 11.2. The number of aromatic nitrogens is 3. The Kier molecular flexibility index (Phi) is 4.92. The highest BCUT2D eigenvalue weighted by molar-refractivity contribution is 5.94. The number of hydrogen-bond donors (Lipinski definition) is 1. The van der Waals surface area contributed by atoms with E-state index in [9.17, 15) is 4.79 Å². The predicted octanol–water partition coefficient (Wildman–Crippen LogP) is 1.74. The van der Waals surface area contributed by atoms with Crippen LogP contribution in [0.1, 0.15) is 24.2 Å². The second kappa shape index (κ2) is 6.88. The van der Waals surface area contributed by atoms with Crippen LogP contribution in [0.25, 0.3) is 0 Å². The van der Waals surface area contributed by atoms with Crippen molar-refractivity contribution in [1.29, 1.82) is 0 Å². The molecule has 1 amide bonds. The molecule has 1 atom stereocenters. The normalized spacial score (nSPS) is 12.2. The Morgan fingerprint density at radius 3 is 2.67 bits per heavy atom. The minimum absolute atomic E-state index is 0.0453. The zero-order valence-electron chi connectivity index (χ0n) is 12.5. The van der Waals surface area contributed by atoms with Crippen molar-refractivity contribution in [3.63, 3.8) is 0 Å². The molecule has 1 heterocycles. The SMILES string of the molecule is COc1cccc(C(=O)NC(Cn2nccn2)C(C)C)c1. The molecule has 0 fully saturated rings. The van der Waals surface area contributed by atoms with E-state index >= 15 is 0 Å². The Hall–Kier alpha value is -2.37. The van der Waals surface area contributed by atoms with E-state index < -0.39 is 0 Å². The van der Waals surface area contributed by atoms with E-state index in [2.05, 4.69) is 29.4 Å². The average Bonchev–Trinajstić information content (AvgIpc) is 2.99. The van der Waals surface area contributed by atoms with E-state index in [1.807, 2.05) is 6.07 Å². The number of methoxy groups -OCH3 is 1. The van der Waals surface area contributed by atoms with Crippen LogP contribution >= 0.6 is 0 Å². The molecule has 0 saturated carbocycles. The monoisotopic (exact) mass is 288 g/mol. The van der Waals surface area contributed by atoms with Crippen LogP contribution in [0, 0.1) is 5.92 Å². The molecule has 2 rings (SSSR count). The summed E-state index contributed by atoms with van der Waals surface area (Å²) in [5.41, 5.74) is 0.577. The minimum Gasteiger partial charge on any atom is -0.497 e. The molecular formula is C15H20N4O2. The van der Waals surface area contributed by atoms with Crippen LogP contribution in [0.3, 0.4) is 0 Å². The van der Waals surface area contributed by atoms with Crippen LogP contribution in [0.2, 0.25) is 0 Å². The first-order valence-corrected chi connectivity index (χ1v) is 6.89. The Labute approximate surface area is 124 Å². The third-order valence-corrected chi connectivity index (χ3v) is 3.28. The third-order valence-electron chi connectivity index (χ3n) is 3.28. The lowest BCUT2D eigenvalue weighted by Crippen LogP contribution is -2.42. The standard InChI is InChI=1S/C15H20N4O2/c1-11(2)14(10-19-16-7-8-17-19)18-15(20)12-5-4-6-13(9-12)21-3/h4-9,11,14H,10H2,1-3H3,(H,18,20). The first kappa shape index (κ1) is 15.0. The molecular weight excluding hydrogens is 268 g/mol. The van der Waals surface area contributed by atoms with Gasteiger partial charge in [0.15, 0.2) is 0 Å². The number of carbonyl (C=O) groups is 1. The predicted molar refractivity (Wildman–Crippen MR) is 79.1 cm³/mol. The van der Waals surface area contributed by atoms with E-state index in [4.69, 9.17) is 4.74 Å². The molecule has 0 spiro atoms. The lowest BCUT2D eigenvalue weighted by atomic mass is 10.0. The van der Waals surface area contributed by atoms with Crippen molar-refractivity contribution in [2.24, 2.45) is 5.92 Å². The average molecular weight is 288 g/mol. The molecule has 0 aliphatic carbocycles. The van der Waals surface area contributed by atoms with E-state index in [1.165, 1.54) is 0 Å². The van der Waals surface area contributed by atoms with Gasteiger partial charge in [0, 0.05) is 5.56 Å². The molecule has 6 heteroatoms. The highest BCUT2D eigenvalue weighted by atomic mass is 16.5. The molecule has 1 aromatic heterocycles. The van der Waals surface area contributed by atoms with Gasteiger partial charge in [-0.05, 0) is 24.1 Å². The molecule has 0 aliphatic rings. The number of ether oxygens (including phenoxy) is 1. The Morgan fingerprint density at radius 2 is 2.05 bits per heavy atom. The van der Waals surface area contributed by atoms with Crippen LogP contribution in [-0.4, -0.2) is 34.1 Å². The van der Waals surface area contributed by atoms with Gasteiger partial charge >= 0.3 is 0 Å². The maximum atomic E-state index is 12.3. The molecule has 112 valence electrons. The molecule has 1 aromatic carbocycles. The van der Waals surface area contributed by atoms with E-state index in [-0.39, 0.29) is 17.9 Å². The number of hydrogen-bond acceptors (Lipinski definition) is 4. The number of benzene rings is 1. The molecule has 6 nitrogen and oxygen atoms in total. The minimum atomic E-state index is -0.125. The summed E-state index contributed by atoms with van der Waals surface area (Å²) in [6, 6.07) is 7.05. The van der Waals surface area contributed by atoms with E-state index in [1.54, 1.807) is 42.5 Å². The van der Waals surface area contributed by atoms with Crippen molar-refractivity contribution in [2.75, 3.05) is 7.11 Å². The largest absolute Gasteiger partial charge is 0.497 e. The van der Waals surface area contributed by atoms with Crippen molar-refractivity contribution in [2.45, 2.75) is 26.4 Å². The second-order valence-electron chi connectivity index (χ2n) is 5.14. The van der Waals surface area contributed by atoms with E-state index in [0.717, 1.165) is 0 Å². The van der Waals surface area contributed by atoms with E-state index in [0.29, 0.717) is 17.9 Å². The summed E-state index contributed by atoms with van der Waals surface area (Å²) in [4.78, 5) is 13.9. The number of rotatable bonds is 6. The summed E-state index contributed by atoms with van der Waals surface area (Å²) < 4.78 is 5.14. The van der Waals surface area contributed by atoms with Gasteiger partial charge in [0.05, 0.1) is 32.1 Å². The van der Waals surface area contributed by atoms with Crippen molar-refractivity contribution in [3.8, 4) is 5.75 Å². The molecule has 2 aromatic rings. The molecule has 0 radical (unpaired) electrons. The van der Waals surface area contributed by atoms with Gasteiger partial charge in [-0.1, -0.05) is 19.9 Å². The van der Waals surface area contributed by atoms with Gasteiger partial charge in [0.2, 0.25) is 0 Å². The smallest absolute Gasteiger partial charge is 0.251 e. The highest BCUT2D eigenvalue weighted by Crippen LogP contribution is 2.13. The fraction of sp³-hybridized carbons (Fsp3) is 0.400. The van der Waals surface area contributed by atoms with Crippen molar-refractivity contribution < 1.29 is 9.53 Å². The summed E-state index contributed by atoms with van der Waals surface area (Å²) in [6.07, 6.45) is 3.25.